The van der Waals surface area contributed by atoms with Crippen molar-refractivity contribution in [2.24, 2.45) is 4.99 Å². The molecule has 1 saturated heterocycles. The average Bonchev–Trinajstić information content (AvgIpc) is 3.38. The van der Waals surface area contributed by atoms with E-state index in [1.54, 1.807) is 0 Å². The number of guanidine groups is 1. The lowest BCUT2D eigenvalue weighted by Crippen LogP contribution is -2.45. The molecule has 2 amide bonds. The van der Waals surface area contributed by atoms with Crippen LogP contribution >= 0.6 is 24.0 Å². The SMILES string of the molecule is CCNC(=NCc1ccc(NC(=O)NC(C)C)cc1)NC1CCN(C2CCCC2)C1.I. The van der Waals surface area contributed by atoms with Crippen LogP contribution in [-0.4, -0.2) is 54.7 Å². The maximum absolute atomic E-state index is 11.8. The van der Waals surface area contributed by atoms with Gasteiger partial charge in [0.2, 0.25) is 0 Å². The molecule has 31 heavy (non-hydrogen) atoms. The van der Waals surface area contributed by atoms with Gasteiger partial charge in [0.15, 0.2) is 5.96 Å². The summed E-state index contributed by atoms with van der Waals surface area (Å²) in [5, 5.41) is 12.7. The molecular formula is C23H39IN6O. The number of amides is 2. The van der Waals surface area contributed by atoms with E-state index in [9.17, 15) is 4.79 Å². The number of halogens is 1. The van der Waals surface area contributed by atoms with Crippen molar-refractivity contribution < 1.29 is 4.79 Å². The van der Waals surface area contributed by atoms with Gasteiger partial charge in [0.1, 0.15) is 0 Å². The highest BCUT2D eigenvalue weighted by Crippen LogP contribution is 2.26. The topological polar surface area (TPSA) is 80.8 Å². The zero-order valence-electron chi connectivity index (χ0n) is 19.1. The second-order valence-electron chi connectivity index (χ2n) is 8.71. The summed E-state index contributed by atoms with van der Waals surface area (Å²) in [7, 11) is 0. The highest BCUT2D eigenvalue weighted by molar-refractivity contribution is 14.0. The van der Waals surface area contributed by atoms with Crippen LogP contribution in [0.15, 0.2) is 29.3 Å². The monoisotopic (exact) mass is 542 g/mol. The maximum Gasteiger partial charge on any atom is 0.319 e. The molecule has 1 unspecified atom stereocenters. The van der Waals surface area contributed by atoms with Gasteiger partial charge in [-0.2, -0.15) is 0 Å². The Labute approximate surface area is 204 Å². The maximum atomic E-state index is 11.8. The summed E-state index contributed by atoms with van der Waals surface area (Å²) < 4.78 is 0. The second-order valence-corrected chi connectivity index (χ2v) is 8.71. The minimum atomic E-state index is -0.183. The molecular weight excluding hydrogens is 503 g/mol. The van der Waals surface area contributed by atoms with Crippen LogP contribution in [0.2, 0.25) is 0 Å². The number of hydrogen-bond donors (Lipinski definition) is 4. The van der Waals surface area contributed by atoms with Gasteiger partial charge in [-0.3, -0.25) is 4.90 Å². The minimum absolute atomic E-state index is 0. The van der Waals surface area contributed by atoms with E-state index in [4.69, 9.17) is 4.99 Å². The van der Waals surface area contributed by atoms with Crippen molar-refractivity contribution in [1.82, 2.24) is 20.9 Å². The van der Waals surface area contributed by atoms with E-state index in [1.165, 1.54) is 38.6 Å². The van der Waals surface area contributed by atoms with Crippen molar-refractivity contribution >= 4 is 41.7 Å². The average molecular weight is 543 g/mol. The lowest BCUT2D eigenvalue weighted by Gasteiger charge is -2.24. The third kappa shape index (κ3) is 8.48. The molecule has 0 spiro atoms. The van der Waals surface area contributed by atoms with E-state index < -0.39 is 0 Å². The summed E-state index contributed by atoms with van der Waals surface area (Å²) in [6, 6.07) is 9.05. The van der Waals surface area contributed by atoms with E-state index in [-0.39, 0.29) is 36.0 Å². The van der Waals surface area contributed by atoms with Crippen molar-refractivity contribution in [3.8, 4) is 0 Å². The summed E-state index contributed by atoms with van der Waals surface area (Å²) >= 11 is 0. The van der Waals surface area contributed by atoms with Gasteiger partial charge in [-0.15, -0.1) is 24.0 Å². The van der Waals surface area contributed by atoms with Gasteiger partial charge in [0.05, 0.1) is 6.54 Å². The van der Waals surface area contributed by atoms with Crippen LogP contribution < -0.4 is 21.3 Å². The number of hydrogen-bond acceptors (Lipinski definition) is 3. The summed E-state index contributed by atoms with van der Waals surface area (Å²) in [4.78, 5) is 19.2. The van der Waals surface area contributed by atoms with Crippen LogP contribution in [0.3, 0.4) is 0 Å². The molecule has 174 valence electrons. The standard InChI is InChI=1S/C23H38N6O.HI/c1-4-24-22(27-20-13-14-29(16-20)21-7-5-6-8-21)25-15-18-9-11-19(12-10-18)28-23(30)26-17(2)3;/h9-12,17,20-21H,4-8,13-16H2,1-3H3,(H2,24,25,27)(H2,26,28,30);1H. The summed E-state index contributed by atoms with van der Waals surface area (Å²) in [6.45, 7) is 9.74. The van der Waals surface area contributed by atoms with Crippen LogP contribution in [0.1, 0.15) is 58.4 Å². The third-order valence-corrected chi connectivity index (χ3v) is 5.80. The van der Waals surface area contributed by atoms with Gasteiger partial charge < -0.3 is 21.3 Å². The Morgan fingerprint density at radius 2 is 1.87 bits per heavy atom. The Morgan fingerprint density at radius 3 is 2.52 bits per heavy atom. The summed E-state index contributed by atoms with van der Waals surface area (Å²) in [6.07, 6.45) is 6.69. The Balaban J connectivity index is 0.00000341. The van der Waals surface area contributed by atoms with Crippen LogP contribution in [-0.2, 0) is 6.54 Å². The number of carbonyl (C=O) groups excluding carboxylic acids is 1. The van der Waals surface area contributed by atoms with Gasteiger partial charge in [0.25, 0.3) is 0 Å². The number of urea groups is 1. The van der Waals surface area contributed by atoms with Gasteiger partial charge >= 0.3 is 6.03 Å². The fourth-order valence-electron chi connectivity index (χ4n) is 4.31. The molecule has 1 saturated carbocycles. The van der Waals surface area contributed by atoms with Gasteiger partial charge in [-0.05, 0) is 57.7 Å². The van der Waals surface area contributed by atoms with Crippen molar-refractivity contribution in [1.29, 1.82) is 0 Å². The normalized spacial score (nSPS) is 19.9. The van der Waals surface area contributed by atoms with E-state index in [2.05, 4.69) is 33.1 Å². The zero-order valence-corrected chi connectivity index (χ0v) is 21.4. The predicted molar refractivity (Wildman–Crippen MR) is 139 cm³/mol. The number of carbonyl (C=O) groups is 1. The fourth-order valence-corrected chi connectivity index (χ4v) is 4.31. The quantitative estimate of drug-likeness (QED) is 0.239. The Bertz CT molecular complexity index is 703. The highest BCUT2D eigenvalue weighted by Gasteiger charge is 2.30. The smallest absolute Gasteiger partial charge is 0.319 e. The number of aliphatic imine (C=N–C) groups is 1. The molecule has 1 aliphatic carbocycles. The molecule has 2 fully saturated rings. The molecule has 1 aromatic rings. The zero-order chi connectivity index (χ0) is 21.3. The number of benzene rings is 1. The number of rotatable bonds is 7. The second kappa shape index (κ2) is 13.1. The number of nitrogens with zero attached hydrogens (tertiary/aromatic N) is 2. The van der Waals surface area contributed by atoms with Crippen molar-refractivity contribution in [3.63, 3.8) is 0 Å². The van der Waals surface area contributed by atoms with Gasteiger partial charge in [-0.25, -0.2) is 9.79 Å². The van der Waals surface area contributed by atoms with E-state index >= 15 is 0 Å². The molecule has 1 heterocycles. The molecule has 1 aliphatic heterocycles. The molecule has 0 aromatic heterocycles. The molecule has 7 nitrogen and oxygen atoms in total. The van der Waals surface area contributed by atoms with Crippen molar-refractivity contribution in [2.75, 3.05) is 25.0 Å². The molecule has 1 aromatic carbocycles. The van der Waals surface area contributed by atoms with E-state index in [1.807, 2.05) is 38.1 Å². The first-order chi connectivity index (χ1) is 14.5. The molecule has 0 bridgehead atoms. The number of nitrogens with one attached hydrogen (secondary N) is 4. The van der Waals surface area contributed by atoms with E-state index in [0.29, 0.717) is 12.6 Å². The highest BCUT2D eigenvalue weighted by atomic mass is 127. The molecule has 0 radical (unpaired) electrons. The van der Waals surface area contributed by atoms with E-state index in [0.717, 1.165) is 36.3 Å². The predicted octanol–water partition coefficient (Wildman–Crippen LogP) is 3.91. The lowest BCUT2D eigenvalue weighted by atomic mass is 10.2. The first kappa shape index (κ1) is 25.7. The Hall–Kier alpha value is -1.55. The largest absolute Gasteiger partial charge is 0.357 e. The van der Waals surface area contributed by atoms with Gasteiger partial charge in [-0.1, -0.05) is 25.0 Å². The van der Waals surface area contributed by atoms with Crippen molar-refractivity contribution in [2.45, 2.75) is 77.5 Å². The number of anilines is 1. The molecule has 8 heteroatoms. The summed E-state index contributed by atoms with van der Waals surface area (Å²) in [5.74, 6) is 0.884. The molecule has 4 N–H and O–H groups in total. The summed E-state index contributed by atoms with van der Waals surface area (Å²) in [5.41, 5.74) is 1.89. The molecule has 1 atom stereocenters. The third-order valence-electron chi connectivity index (χ3n) is 5.80. The minimum Gasteiger partial charge on any atom is -0.357 e. The van der Waals surface area contributed by atoms with Crippen LogP contribution in [0.5, 0.6) is 0 Å². The first-order valence-corrected chi connectivity index (χ1v) is 11.5. The first-order valence-electron chi connectivity index (χ1n) is 11.5. The van der Waals surface area contributed by atoms with Crippen LogP contribution in [0.25, 0.3) is 0 Å². The fraction of sp³-hybridized carbons (Fsp3) is 0.652. The van der Waals surface area contributed by atoms with Gasteiger partial charge in [0, 0.05) is 43.4 Å². The molecule has 3 rings (SSSR count). The Kier molecular flexibility index (Phi) is 10.9. The van der Waals surface area contributed by atoms with Crippen LogP contribution in [0, 0.1) is 0 Å². The number of likely N-dealkylation sites (tertiary alicyclic amines) is 1. The van der Waals surface area contributed by atoms with Crippen LogP contribution in [0.4, 0.5) is 10.5 Å². The Morgan fingerprint density at radius 1 is 1.16 bits per heavy atom. The lowest BCUT2D eigenvalue weighted by molar-refractivity contribution is 0.242. The van der Waals surface area contributed by atoms with Crippen molar-refractivity contribution in [3.05, 3.63) is 29.8 Å². The molecule has 2 aliphatic rings.